The highest BCUT2D eigenvalue weighted by Gasteiger charge is 2.25. The summed E-state index contributed by atoms with van der Waals surface area (Å²) in [5.74, 6) is 0.527. The lowest BCUT2D eigenvalue weighted by Gasteiger charge is -2.16. The Bertz CT molecular complexity index is 852. The van der Waals surface area contributed by atoms with Crippen LogP contribution in [0.25, 0.3) is 5.69 Å². The number of carbonyl (C=O) groups excluding carboxylic acids is 1. The highest BCUT2D eigenvalue weighted by molar-refractivity contribution is 8.00. The summed E-state index contributed by atoms with van der Waals surface area (Å²) in [5.41, 5.74) is 1.38. The molecule has 0 radical (unpaired) electrons. The van der Waals surface area contributed by atoms with Crippen LogP contribution in [0.3, 0.4) is 0 Å². The van der Waals surface area contributed by atoms with Crippen molar-refractivity contribution in [1.82, 2.24) is 9.55 Å². The molecule has 2 aromatic rings. The highest BCUT2D eigenvalue weighted by atomic mass is 35.5. The number of hydrogen-bond donors (Lipinski definition) is 0. The summed E-state index contributed by atoms with van der Waals surface area (Å²) in [6.07, 6.45) is 0.762. The lowest BCUT2D eigenvalue weighted by atomic mass is 10.3. The third kappa shape index (κ3) is 3.88. The molecule has 0 fully saturated rings. The number of aryl methyl sites for hydroxylation is 1. The molecule has 0 bridgehead atoms. The molecule has 1 aliphatic heterocycles. The first kappa shape index (κ1) is 18.4. The zero-order valence-corrected chi connectivity index (χ0v) is 16.2. The van der Waals surface area contributed by atoms with Gasteiger partial charge in [-0.15, -0.1) is 11.8 Å². The third-order valence-corrected chi connectivity index (χ3v) is 6.04. The Labute approximate surface area is 159 Å². The molecule has 8 heteroatoms. The van der Waals surface area contributed by atoms with Crippen molar-refractivity contribution < 1.29 is 9.53 Å². The maximum absolute atomic E-state index is 13.0. The lowest BCUT2D eigenvalue weighted by Crippen LogP contribution is -2.25. The maximum Gasteiger partial charge on any atom is 0.319 e. The van der Waals surface area contributed by atoms with Gasteiger partial charge in [-0.25, -0.2) is 4.98 Å². The summed E-state index contributed by atoms with van der Waals surface area (Å²) in [5, 5.41) is 0.626. The fourth-order valence-electron chi connectivity index (χ4n) is 2.46. The number of benzene rings is 1. The summed E-state index contributed by atoms with van der Waals surface area (Å²) >= 11 is 8.72. The van der Waals surface area contributed by atoms with Gasteiger partial charge in [-0.3, -0.25) is 14.2 Å². The highest BCUT2D eigenvalue weighted by Crippen LogP contribution is 2.31. The molecule has 0 spiro atoms. The third-order valence-electron chi connectivity index (χ3n) is 3.65. The normalized spacial score (nSPS) is 14.2. The van der Waals surface area contributed by atoms with Crippen LogP contribution >= 0.6 is 35.1 Å². The predicted octanol–water partition coefficient (Wildman–Crippen LogP) is 3.58. The molecule has 5 nitrogen and oxygen atoms in total. The summed E-state index contributed by atoms with van der Waals surface area (Å²) in [6.45, 7) is 3.84. The van der Waals surface area contributed by atoms with E-state index in [1.165, 1.54) is 23.5 Å². The van der Waals surface area contributed by atoms with E-state index >= 15 is 0 Å². The number of nitrogens with zero attached hydrogens (tertiary/aromatic N) is 2. The molecule has 132 valence electrons. The van der Waals surface area contributed by atoms with Gasteiger partial charge in [0.2, 0.25) is 0 Å². The van der Waals surface area contributed by atoms with Crippen molar-refractivity contribution in [2.45, 2.75) is 35.6 Å². The first-order valence-electron chi connectivity index (χ1n) is 7.89. The minimum absolute atomic E-state index is 0.103. The topological polar surface area (TPSA) is 61.2 Å². The van der Waals surface area contributed by atoms with Gasteiger partial charge in [0, 0.05) is 17.2 Å². The maximum atomic E-state index is 13.0. The second-order valence-electron chi connectivity index (χ2n) is 5.40. The van der Waals surface area contributed by atoms with Crippen molar-refractivity contribution in [2.24, 2.45) is 0 Å². The number of aromatic nitrogens is 2. The number of carbonyl (C=O) groups is 1. The molecule has 2 heterocycles. The van der Waals surface area contributed by atoms with Crippen LogP contribution in [0.2, 0.25) is 5.02 Å². The van der Waals surface area contributed by atoms with Gasteiger partial charge in [0.05, 0.1) is 22.9 Å². The number of ether oxygens (including phenoxy) is 1. The van der Waals surface area contributed by atoms with E-state index in [9.17, 15) is 9.59 Å². The van der Waals surface area contributed by atoms with E-state index in [-0.39, 0.29) is 11.5 Å². The monoisotopic (exact) mass is 396 g/mol. The zero-order valence-electron chi connectivity index (χ0n) is 13.8. The largest absolute Gasteiger partial charge is 0.465 e. The molecule has 0 aliphatic carbocycles. The predicted molar refractivity (Wildman–Crippen MR) is 101 cm³/mol. The van der Waals surface area contributed by atoms with Gasteiger partial charge in [0.25, 0.3) is 5.56 Å². The van der Waals surface area contributed by atoms with Gasteiger partial charge in [-0.1, -0.05) is 23.4 Å². The Morgan fingerprint density at radius 3 is 2.84 bits per heavy atom. The molecule has 0 saturated carbocycles. The van der Waals surface area contributed by atoms with Crippen LogP contribution in [0.15, 0.2) is 39.1 Å². The van der Waals surface area contributed by atoms with Gasteiger partial charge in [-0.2, -0.15) is 0 Å². The average Bonchev–Trinajstić information content (AvgIpc) is 3.05. The van der Waals surface area contributed by atoms with Gasteiger partial charge in [0.15, 0.2) is 5.16 Å². The number of esters is 1. The Morgan fingerprint density at radius 1 is 1.44 bits per heavy atom. The van der Waals surface area contributed by atoms with Crippen LogP contribution in [0.4, 0.5) is 0 Å². The number of halogens is 1. The van der Waals surface area contributed by atoms with Crippen molar-refractivity contribution in [3.63, 3.8) is 0 Å². The Kier molecular flexibility index (Phi) is 5.76. The van der Waals surface area contributed by atoms with Crippen molar-refractivity contribution in [2.75, 3.05) is 12.4 Å². The van der Waals surface area contributed by atoms with Crippen LogP contribution < -0.4 is 5.56 Å². The Morgan fingerprint density at radius 2 is 2.16 bits per heavy atom. The number of rotatable bonds is 5. The molecule has 25 heavy (non-hydrogen) atoms. The van der Waals surface area contributed by atoms with Crippen LogP contribution in [-0.2, 0) is 16.0 Å². The Hall–Kier alpha value is -1.44. The molecule has 1 aromatic carbocycles. The molecule has 1 aliphatic rings. The van der Waals surface area contributed by atoms with E-state index in [2.05, 4.69) is 4.98 Å². The first-order valence-corrected chi connectivity index (χ1v) is 10.1. The fraction of sp³-hybridized carbons (Fsp3) is 0.353. The second kappa shape index (κ2) is 7.85. The van der Waals surface area contributed by atoms with E-state index in [0.717, 1.165) is 17.9 Å². The molecule has 1 atom stereocenters. The average molecular weight is 397 g/mol. The molecule has 3 rings (SSSR count). The zero-order chi connectivity index (χ0) is 18.0. The van der Waals surface area contributed by atoms with Gasteiger partial charge in [-0.05, 0) is 38.1 Å². The SMILES string of the molecule is CCOC(=O)[C@@H](C)Sc1nc2c(c(=O)n1-c1ccc(Cl)cc1)SCC2. The quantitative estimate of drug-likeness (QED) is 0.437. The molecule has 0 unspecified atom stereocenters. The van der Waals surface area contributed by atoms with Gasteiger partial charge < -0.3 is 4.74 Å². The van der Waals surface area contributed by atoms with E-state index in [4.69, 9.17) is 16.3 Å². The molecular weight excluding hydrogens is 380 g/mol. The van der Waals surface area contributed by atoms with Gasteiger partial charge in [0.1, 0.15) is 5.25 Å². The molecular formula is C17H17ClN2O3S2. The summed E-state index contributed by atoms with van der Waals surface area (Å²) in [6, 6.07) is 7.01. The summed E-state index contributed by atoms with van der Waals surface area (Å²) in [4.78, 5) is 30.3. The minimum Gasteiger partial charge on any atom is -0.465 e. The molecule has 1 aromatic heterocycles. The van der Waals surface area contributed by atoms with E-state index < -0.39 is 5.25 Å². The Balaban J connectivity index is 2.07. The first-order chi connectivity index (χ1) is 12.0. The van der Waals surface area contributed by atoms with Crippen molar-refractivity contribution >= 4 is 41.1 Å². The van der Waals surface area contributed by atoms with Crippen molar-refractivity contribution in [1.29, 1.82) is 0 Å². The number of thioether (sulfide) groups is 2. The smallest absolute Gasteiger partial charge is 0.319 e. The van der Waals surface area contributed by atoms with Crippen molar-refractivity contribution in [3.05, 3.63) is 45.3 Å². The van der Waals surface area contributed by atoms with Gasteiger partial charge >= 0.3 is 5.97 Å². The molecule has 0 amide bonds. The minimum atomic E-state index is -0.461. The van der Waals surface area contributed by atoms with Crippen molar-refractivity contribution in [3.8, 4) is 5.69 Å². The van der Waals surface area contributed by atoms with Crippen LogP contribution in [0.1, 0.15) is 19.5 Å². The van der Waals surface area contributed by atoms with E-state index in [0.29, 0.717) is 27.4 Å². The second-order valence-corrected chi connectivity index (χ2v) is 8.25. The standard InChI is InChI=1S/C17H17ClN2O3S2/c1-3-23-16(22)10(2)25-17-19-13-8-9-24-14(13)15(21)20(17)12-6-4-11(18)5-7-12/h4-7,10H,3,8-9H2,1-2H3/t10-/m1/s1. The van der Waals surface area contributed by atoms with Crippen LogP contribution in [0, 0.1) is 0 Å². The van der Waals surface area contributed by atoms with E-state index in [1.807, 2.05) is 0 Å². The summed E-state index contributed by atoms with van der Waals surface area (Å²) in [7, 11) is 0. The molecule has 0 saturated heterocycles. The number of fused-ring (bicyclic) bond motifs is 1. The van der Waals surface area contributed by atoms with E-state index in [1.54, 1.807) is 42.7 Å². The van der Waals surface area contributed by atoms with Crippen LogP contribution in [-0.4, -0.2) is 33.1 Å². The summed E-state index contributed by atoms with van der Waals surface area (Å²) < 4.78 is 6.61. The fourth-order valence-corrected chi connectivity index (χ4v) is 4.55. The lowest BCUT2D eigenvalue weighted by molar-refractivity contribution is -0.142. The number of hydrogen-bond acceptors (Lipinski definition) is 6. The van der Waals surface area contributed by atoms with Crippen LogP contribution in [0.5, 0.6) is 0 Å². The molecule has 0 N–H and O–H groups in total.